The molecule has 0 atom stereocenters. The Hall–Kier alpha value is -2.48. The second-order valence-corrected chi connectivity index (χ2v) is 5.55. The van der Waals surface area contributed by atoms with Gasteiger partial charge < -0.3 is 9.47 Å². The summed E-state index contributed by atoms with van der Waals surface area (Å²) < 4.78 is 10.4. The van der Waals surface area contributed by atoms with Crippen molar-refractivity contribution in [3.8, 4) is 17.6 Å². The number of fused-ring (bicyclic) bond motifs is 1. The Morgan fingerprint density at radius 2 is 1.87 bits per heavy atom. The molecule has 0 aliphatic carbocycles. The summed E-state index contributed by atoms with van der Waals surface area (Å²) in [5.41, 5.74) is 0.953. The molecule has 1 aliphatic rings. The molecule has 0 amide bonds. The molecule has 0 bridgehead atoms. The standard InChI is InChI=1S/C17H9Cl2NO3/c18-13-3-1-10(6-14(13)19)5-12(8-20)17(21)11-2-4-15-16(7-11)23-9-22-15/h1-7H,9H2/b12-5+. The summed E-state index contributed by atoms with van der Waals surface area (Å²) in [5, 5.41) is 10.0. The molecule has 0 spiro atoms. The number of nitriles is 1. The van der Waals surface area contributed by atoms with Crippen molar-refractivity contribution in [3.63, 3.8) is 0 Å². The fourth-order valence-electron chi connectivity index (χ4n) is 2.11. The predicted octanol–water partition coefficient (Wildman–Crippen LogP) is 4.51. The highest BCUT2D eigenvalue weighted by atomic mass is 35.5. The number of carbonyl (C=O) groups excluding carboxylic acids is 1. The maximum atomic E-state index is 12.5. The molecule has 6 heteroatoms. The van der Waals surface area contributed by atoms with Crippen molar-refractivity contribution >= 4 is 35.1 Å². The smallest absolute Gasteiger partial charge is 0.231 e. The van der Waals surface area contributed by atoms with Gasteiger partial charge in [-0.15, -0.1) is 0 Å². The number of hydrogen-bond donors (Lipinski definition) is 0. The lowest BCUT2D eigenvalue weighted by Crippen LogP contribution is -2.02. The summed E-state index contributed by atoms with van der Waals surface area (Å²) in [4.78, 5) is 12.5. The van der Waals surface area contributed by atoms with E-state index in [0.29, 0.717) is 32.7 Å². The van der Waals surface area contributed by atoms with Crippen molar-refractivity contribution in [3.05, 3.63) is 63.1 Å². The van der Waals surface area contributed by atoms with Crippen LogP contribution in [0.1, 0.15) is 15.9 Å². The number of allylic oxidation sites excluding steroid dienone is 1. The van der Waals surface area contributed by atoms with Crippen LogP contribution in [-0.4, -0.2) is 12.6 Å². The highest BCUT2D eigenvalue weighted by Crippen LogP contribution is 2.33. The van der Waals surface area contributed by atoms with Gasteiger partial charge in [0.2, 0.25) is 12.6 Å². The topological polar surface area (TPSA) is 59.3 Å². The first-order valence-electron chi connectivity index (χ1n) is 6.59. The predicted molar refractivity (Wildman–Crippen MR) is 86.9 cm³/mol. The van der Waals surface area contributed by atoms with Crippen LogP contribution in [0, 0.1) is 11.3 Å². The third-order valence-corrected chi connectivity index (χ3v) is 3.99. The maximum Gasteiger partial charge on any atom is 0.231 e. The third kappa shape index (κ3) is 3.16. The molecule has 0 saturated heterocycles. The van der Waals surface area contributed by atoms with Gasteiger partial charge in [0.15, 0.2) is 11.5 Å². The Balaban J connectivity index is 1.94. The molecular weight excluding hydrogens is 337 g/mol. The number of benzene rings is 2. The van der Waals surface area contributed by atoms with Crippen LogP contribution in [0.25, 0.3) is 6.08 Å². The minimum atomic E-state index is -0.406. The molecule has 0 saturated carbocycles. The molecule has 2 aromatic rings. The van der Waals surface area contributed by atoms with E-state index < -0.39 is 5.78 Å². The maximum absolute atomic E-state index is 12.5. The number of halogens is 2. The van der Waals surface area contributed by atoms with Crippen molar-refractivity contribution < 1.29 is 14.3 Å². The van der Waals surface area contributed by atoms with Gasteiger partial charge in [0.1, 0.15) is 11.6 Å². The summed E-state index contributed by atoms with van der Waals surface area (Å²) in [5.74, 6) is 0.660. The molecule has 0 aromatic heterocycles. The molecule has 0 unspecified atom stereocenters. The average Bonchev–Trinajstić information content (AvgIpc) is 3.02. The zero-order valence-electron chi connectivity index (χ0n) is 11.7. The minimum absolute atomic E-state index is 0.0118. The first-order chi connectivity index (χ1) is 11.1. The van der Waals surface area contributed by atoms with E-state index in [1.807, 2.05) is 6.07 Å². The summed E-state index contributed by atoms with van der Waals surface area (Å²) in [6.45, 7) is 0.122. The fraction of sp³-hybridized carbons (Fsp3) is 0.0588. The van der Waals surface area contributed by atoms with E-state index in [-0.39, 0.29) is 12.4 Å². The van der Waals surface area contributed by atoms with E-state index in [1.54, 1.807) is 36.4 Å². The van der Waals surface area contributed by atoms with Crippen LogP contribution in [0.2, 0.25) is 10.0 Å². The first-order valence-corrected chi connectivity index (χ1v) is 7.35. The van der Waals surface area contributed by atoms with E-state index in [4.69, 9.17) is 32.7 Å². The Kier molecular flexibility index (Phi) is 4.24. The van der Waals surface area contributed by atoms with E-state index in [0.717, 1.165) is 0 Å². The lowest BCUT2D eigenvalue weighted by Gasteiger charge is -2.03. The monoisotopic (exact) mass is 345 g/mol. The number of Topliss-reactive ketones (excluding diaryl/α,β-unsaturated/α-hetero) is 1. The molecular formula is C17H9Cl2NO3. The zero-order chi connectivity index (χ0) is 16.4. The van der Waals surface area contributed by atoms with Crippen molar-refractivity contribution in [1.29, 1.82) is 5.26 Å². The molecule has 114 valence electrons. The lowest BCUT2D eigenvalue weighted by atomic mass is 10.0. The van der Waals surface area contributed by atoms with Crippen molar-refractivity contribution in [2.45, 2.75) is 0 Å². The molecule has 1 aliphatic heterocycles. The van der Waals surface area contributed by atoms with Gasteiger partial charge >= 0.3 is 0 Å². The van der Waals surface area contributed by atoms with Crippen LogP contribution in [0.4, 0.5) is 0 Å². The SMILES string of the molecule is N#C/C(=C\c1ccc(Cl)c(Cl)c1)C(=O)c1ccc2c(c1)OCO2. The van der Waals surface area contributed by atoms with E-state index in [9.17, 15) is 10.1 Å². The van der Waals surface area contributed by atoms with Crippen LogP contribution in [0.5, 0.6) is 11.5 Å². The van der Waals surface area contributed by atoms with Gasteiger partial charge in [-0.25, -0.2) is 0 Å². The number of carbonyl (C=O) groups is 1. The number of ether oxygens (including phenoxy) is 2. The van der Waals surface area contributed by atoms with Gasteiger partial charge in [0.05, 0.1) is 10.0 Å². The molecule has 0 radical (unpaired) electrons. The third-order valence-electron chi connectivity index (χ3n) is 3.25. The van der Waals surface area contributed by atoms with E-state index in [2.05, 4.69) is 0 Å². The first kappa shape index (κ1) is 15.4. The number of nitrogens with zero attached hydrogens (tertiary/aromatic N) is 1. The zero-order valence-corrected chi connectivity index (χ0v) is 13.2. The van der Waals surface area contributed by atoms with Gasteiger partial charge in [0, 0.05) is 5.56 Å². The van der Waals surface area contributed by atoms with Gasteiger partial charge in [-0.2, -0.15) is 5.26 Å². The van der Waals surface area contributed by atoms with Crippen LogP contribution < -0.4 is 9.47 Å². The van der Waals surface area contributed by atoms with Crippen molar-refractivity contribution in [2.24, 2.45) is 0 Å². The second-order valence-electron chi connectivity index (χ2n) is 4.74. The summed E-state index contributed by atoms with van der Waals surface area (Å²) in [7, 11) is 0. The quantitative estimate of drug-likeness (QED) is 0.466. The van der Waals surface area contributed by atoms with Gasteiger partial charge in [0.25, 0.3) is 0 Å². The number of hydrogen-bond acceptors (Lipinski definition) is 4. The largest absolute Gasteiger partial charge is 0.454 e. The lowest BCUT2D eigenvalue weighted by molar-refractivity contribution is 0.103. The Labute approximate surface area is 142 Å². The molecule has 3 rings (SSSR count). The molecule has 4 nitrogen and oxygen atoms in total. The van der Waals surface area contributed by atoms with Gasteiger partial charge in [-0.1, -0.05) is 29.3 Å². The average molecular weight is 346 g/mol. The van der Waals surface area contributed by atoms with Crippen molar-refractivity contribution in [2.75, 3.05) is 6.79 Å². The van der Waals surface area contributed by atoms with Gasteiger partial charge in [-0.3, -0.25) is 4.79 Å². The summed E-state index contributed by atoms with van der Waals surface area (Å²) in [6.07, 6.45) is 1.47. The van der Waals surface area contributed by atoms with E-state index in [1.165, 1.54) is 6.08 Å². The highest BCUT2D eigenvalue weighted by Gasteiger charge is 2.18. The highest BCUT2D eigenvalue weighted by molar-refractivity contribution is 6.42. The number of rotatable bonds is 3. The van der Waals surface area contributed by atoms with Crippen LogP contribution in [0.3, 0.4) is 0 Å². The second kappa shape index (κ2) is 6.33. The fourth-order valence-corrected chi connectivity index (χ4v) is 2.42. The summed E-state index contributed by atoms with van der Waals surface area (Å²) >= 11 is 11.8. The van der Waals surface area contributed by atoms with E-state index >= 15 is 0 Å². The van der Waals surface area contributed by atoms with Crippen LogP contribution in [0.15, 0.2) is 42.0 Å². The molecule has 0 fully saturated rings. The Morgan fingerprint density at radius 3 is 2.61 bits per heavy atom. The normalized spacial score (nSPS) is 12.8. The molecule has 0 N–H and O–H groups in total. The van der Waals surface area contributed by atoms with Crippen LogP contribution in [-0.2, 0) is 0 Å². The summed E-state index contributed by atoms with van der Waals surface area (Å²) in [6, 6.07) is 11.6. The molecule has 1 heterocycles. The molecule has 2 aromatic carbocycles. The molecule has 23 heavy (non-hydrogen) atoms. The Bertz CT molecular complexity index is 869. The Morgan fingerprint density at radius 1 is 1.09 bits per heavy atom. The van der Waals surface area contributed by atoms with Crippen LogP contribution >= 0.6 is 23.2 Å². The minimum Gasteiger partial charge on any atom is -0.454 e. The van der Waals surface area contributed by atoms with Gasteiger partial charge in [-0.05, 0) is 42.0 Å². The van der Waals surface area contributed by atoms with Crippen molar-refractivity contribution in [1.82, 2.24) is 0 Å². The number of ketones is 1.